The summed E-state index contributed by atoms with van der Waals surface area (Å²) in [7, 11) is 0. The normalized spacial score (nSPS) is 13.7. The number of alkyl carbamates (subject to hydrolysis) is 1. The summed E-state index contributed by atoms with van der Waals surface area (Å²) >= 11 is 0. The van der Waals surface area contributed by atoms with Gasteiger partial charge in [-0.2, -0.15) is 0 Å². The molecule has 0 saturated carbocycles. The van der Waals surface area contributed by atoms with Crippen molar-refractivity contribution in [3.05, 3.63) is 39.4 Å². The van der Waals surface area contributed by atoms with Crippen LogP contribution in [0.2, 0.25) is 0 Å². The summed E-state index contributed by atoms with van der Waals surface area (Å²) in [4.78, 5) is 32.5. The van der Waals surface area contributed by atoms with Crippen LogP contribution >= 0.6 is 0 Å². The van der Waals surface area contributed by atoms with Crippen molar-refractivity contribution < 1.29 is 29.5 Å². The number of benzene rings is 1. The molecule has 1 amide bonds. The molecular weight excluding hydrogens is 320 g/mol. The van der Waals surface area contributed by atoms with Crippen LogP contribution in [0.15, 0.2) is 18.2 Å². The molecule has 0 aliphatic heterocycles. The molecule has 0 spiro atoms. The number of rotatable bonds is 6. The second kappa shape index (κ2) is 7.84. The predicted molar refractivity (Wildman–Crippen MR) is 83.7 cm³/mol. The minimum absolute atomic E-state index is 0.00875. The van der Waals surface area contributed by atoms with Crippen LogP contribution in [0.25, 0.3) is 0 Å². The monoisotopic (exact) mass is 340 g/mol. The van der Waals surface area contributed by atoms with Crippen LogP contribution in [-0.4, -0.2) is 45.8 Å². The Morgan fingerprint density at radius 3 is 2.50 bits per heavy atom. The lowest BCUT2D eigenvalue weighted by molar-refractivity contribution is -0.385. The number of nitrogens with zero attached hydrogens (tertiary/aromatic N) is 1. The Bertz CT molecular complexity index is 625. The van der Waals surface area contributed by atoms with Gasteiger partial charge in [0.25, 0.3) is 5.69 Å². The van der Waals surface area contributed by atoms with Gasteiger partial charge in [-0.1, -0.05) is 0 Å². The molecule has 1 aromatic carbocycles. The van der Waals surface area contributed by atoms with Crippen molar-refractivity contribution in [3.63, 3.8) is 0 Å². The third-order valence-corrected chi connectivity index (χ3v) is 2.87. The van der Waals surface area contributed by atoms with E-state index in [2.05, 4.69) is 5.32 Å². The molecule has 1 aromatic rings. The van der Waals surface area contributed by atoms with E-state index in [-0.39, 0.29) is 23.4 Å². The molecule has 132 valence electrons. The number of aliphatic hydroxyl groups excluding tert-OH is 2. The van der Waals surface area contributed by atoms with Gasteiger partial charge in [-0.25, -0.2) is 4.79 Å². The summed E-state index contributed by atoms with van der Waals surface area (Å²) in [6.07, 6.45) is -3.35. The number of ether oxygens (including phenoxy) is 1. The van der Waals surface area contributed by atoms with Gasteiger partial charge in [0.15, 0.2) is 0 Å². The second-order valence-corrected chi connectivity index (χ2v) is 6.13. The van der Waals surface area contributed by atoms with Gasteiger partial charge >= 0.3 is 6.09 Å². The van der Waals surface area contributed by atoms with Crippen LogP contribution < -0.4 is 5.32 Å². The maximum absolute atomic E-state index is 11.5. The van der Waals surface area contributed by atoms with Crippen LogP contribution in [0, 0.1) is 10.1 Å². The molecule has 1 rings (SSSR count). The van der Waals surface area contributed by atoms with E-state index in [1.807, 2.05) is 0 Å². The maximum atomic E-state index is 11.5. The maximum Gasteiger partial charge on any atom is 0.407 e. The van der Waals surface area contributed by atoms with Gasteiger partial charge in [-0.05, 0) is 32.4 Å². The van der Waals surface area contributed by atoms with Gasteiger partial charge in [0.2, 0.25) is 0 Å². The average molecular weight is 340 g/mol. The number of aliphatic hydroxyl groups is 2. The lowest BCUT2D eigenvalue weighted by Gasteiger charge is -2.22. The average Bonchev–Trinajstić information content (AvgIpc) is 2.49. The first-order chi connectivity index (χ1) is 11.0. The van der Waals surface area contributed by atoms with Crippen molar-refractivity contribution in [3.8, 4) is 0 Å². The highest BCUT2D eigenvalue weighted by molar-refractivity contribution is 5.76. The van der Waals surface area contributed by atoms with E-state index >= 15 is 0 Å². The van der Waals surface area contributed by atoms with E-state index in [9.17, 15) is 29.9 Å². The Hall–Kier alpha value is -2.52. The quantitative estimate of drug-likeness (QED) is 0.403. The fourth-order valence-electron chi connectivity index (χ4n) is 1.84. The highest BCUT2D eigenvalue weighted by atomic mass is 16.6. The standard InChI is InChI=1S/C15H20N2O7/c1-15(2,3)24-14(21)16-7-12(19)13(20)10-4-9(8-18)5-11(6-10)17(22)23/h4-6,8,12-13,19-20H,7H2,1-3H3,(H,16,21). The molecule has 9 heteroatoms. The van der Waals surface area contributed by atoms with Crippen molar-refractivity contribution >= 4 is 18.1 Å². The number of nitro benzene ring substituents is 1. The summed E-state index contributed by atoms with van der Waals surface area (Å²) in [5.74, 6) is 0. The van der Waals surface area contributed by atoms with Gasteiger partial charge in [-0.3, -0.25) is 14.9 Å². The summed E-state index contributed by atoms with van der Waals surface area (Å²) in [5.41, 5.74) is -1.12. The smallest absolute Gasteiger partial charge is 0.407 e. The fourth-order valence-corrected chi connectivity index (χ4v) is 1.84. The molecular formula is C15H20N2O7. The lowest BCUT2D eigenvalue weighted by Crippen LogP contribution is -2.38. The third-order valence-electron chi connectivity index (χ3n) is 2.87. The van der Waals surface area contributed by atoms with Gasteiger partial charge in [0.05, 0.1) is 4.92 Å². The molecule has 0 saturated heterocycles. The van der Waals surface area contributed by atoms with Gasteiger partial charge in [-0.15, -0.1) is 0 Å². The Morgan fingerprint density at radius 2 is 2.00 bits per heavy atom. The van der Waals surface area contributed by atoms with Gasteiger partial charge in [0, 0.05) is 24.2 Å². The van der Waals surface area contributed by atoms with Crippen LogP contribution in [0.4, 0.5) is 10.5 Å². The molecule has 0 bridgehead atoms. The molecule has 9 nitrogen and oxygen atoms in total. The highest BCUT2D eigenvalue weighted by Crippen LogP contribution is 2.23. The van der Waals surface area contributed by atoms with Crippen molar-refractivity contribution in [2.75, 3.05) is 6.54 Å². The molecule has 0 aliphatic carbocycles. The first-order valence-corrected chi connectivity index (χ1v) is 7.11. The molecule has 2 atom stereocenters. The van der Waals surface area contributed by atoms with Crippen LogP contribution in [-0.2, 0) is 4.74 Å². The van der Waals surface area contributed by atoms with E-state index in [1.54, 1.807) is 20.8 Å². The number of hydrogen-bond acceptors (Lipinski definition) is 7. The van der Waals surface area contributed by atoms with Crippen molar-refractivity contribution in [2.24, 2.45) is 0 Å². The first kappa shape index (κ1) is 19.5. The van der Waals surface area contributed by atoms with E-state index in [0.29, 0.717) is 6.29 Å². The number of nitrogens with one attached hydrogen (secondary N) is 1. The zero-order valence-corrected chi connectivity index (χ0v) is 13.6. The number of amides is 1. The number of non-ortho nitro benzene ring substituents is 1. The number of carbonyl (C=O) groups excluding carboxylic acids is 2. The largest absolute Gasteiger partial charge is 0.444 e. The molecule has 24 heavy (non-hydrogen) atoms. The van der Waals surface area contributed by atoms with Crippen molar-refractivity contribution in [1.82, 2.24) is 5.32 Å². The molecule has 0 aromatic heterocycles. The van der Waals surface area contributed by atoms with E-state index in [1.165, 1.54) is 6.07 Å². The zero-order chi connectivity index (χ0) is 18.5. The van der Waals surface area contributed by atoms with Crippen LogP contribution in [0.3, 0.4) is 0 Å². The Morgan fingerprint density at radius 1 is 1.38 bits per heavy atom. The van der Waals surface area contributed by atoms with Crippen LogP contribution in [0.1, 0.15) is 42.8 Å². The number of aldehydes is 1. The Labute approximate surface area is 138 Å². The molecule has 3 N–H and O–H groups in total. The fraction of sp³-hybridized carbons (Fsp3) is 0.467. The minimum Gasteiger partial charge on any atom is -0.444 e. The highest BCUT2D eigenvalue weighted by Gasteiger charge is 2.23. The van der Waals surface area contributed by atoms with Crippen molar-refractivity contribution in [2.45, 2.75) is 38.6 Å². The molecule has 2 unspecified atom stereocenters. The van der Waals surface area contributed by atoms with Crippen molar-refractivity contribution in [1.29, 1.82) is 0 Å². The van der Waals surface area contributed by atoms with E-state index < -0.39 is 28.8 Å². The third kappa shape index (κ3) is 5.94. The number of nitro groups is 1. The first-order valence-electron chi connectivity index (χ1n) is 7.11. The lowest BCUT2D eigenvalue weighted by atomic mass is 10.0. The summed E-state index contributed by atoms with van der Waals surface area (Å²) in [6.45, 7) is 4.67. The molecule has 0 aliphatic rings. The Kier molecular flexibility index (Phi) is 6.38. The van der Waals surface area contributed by atoms with Gasteiger partial charge in [0.1, 0.15) is 24.1 Å². The summed E-state index contributed by atoms with van der Waals surface area (Å²) in [5, 5.41) is 33.1. The molecule has 0 fully saturated rings. The summed E-state index contributed by atoms with van der Waals surface area (Å²) in [6, 6.07) is 3.32. The SMILES string of the molecule is CC(C)(C)OC(=O)NCC(O)C(O)c1cc(C=O)cc([N+](=O)[O-])c1. The summed E-state index contributed by atoms with van der Waals surface area (Å²) < 4.78 is 4.98. The van der Waals surface area contributed by atoms with Crippen LogP contribution in [0.5, 0.6) is 0 Å². The minimum atomic E-state index is -1.53. The van der Waals surface area contributed by atoms with E-state index in [4.69, 9.17) is 4.74 Å². The van der Waals surface area contributed by atoms with Gasteiger partial charge < -0.3 is 20.3 Å². The zero-order valence-electron chi connectivity index (χ0n) is 13.6. The Balaban J connectivity index is 2.80. The number of carbonyl (C=O) groups is 2. The van der Waals surface area contributed by atoms with E-state index in [0.717, 1.165) is 12.1 Å². The molecule has 0 heterocycles. The second-order valence-electron chi connectivity index (χ2n) is 6.13. The molecule has 0 radical (unpaired) electrons. The predicted octanol–water partition coefficient (Wildman–Crippen LogP) is 1.33. The number of hydrogen-bond donors (Lipinski definition) is 3. The topological polar surface area (TPSA) is 139 Å².